The maximum atomic E-state index is 11.1. The Morgan fingerprint density at radius 1 is 1.24 bits per heavy atom. The number of carbonyl (C=O) groups excluding carboxylic acids is 1. The summed E-state index contributed by atoms with van der Waals surface area (Å²) >= 11 is 5.45. The minimum absolute atomic E-state index is 0.458. The lowest BCUT2D eigenvalue weighted by Gasteiger charge is -2.13. The molecule has 88 valence electrons. The first-order chi connectivity index (χ1) is 8.20. The van der Waals surface area contributed by atoms with Gasteiger partial charge in [-0.2, -0.15) is 0 Å². The fourth-order valence-electron chi connectivity index (χ4n) is 1.70. The topological polar surface area (TPSA) is 26.3 Å². The van der Waals surface area contributed by atoms with E-state index in [0.29, 0.717) is 12.2 Å². The van der Waals surface area contributed by atoms with E-state index in [-0.39, 0.29) is 0 Å². The molecule has 0 bridgehead atoms. The summed E-state index contributed by atoms with van der Waals surface area (Å²) < 4.78 is 5.55. The quantitative estimate of drug-likeness (QED) is 0.770. The number of hydrogen-bond donors (Lipinski definition) is 0. The molecule has 0 saturated heterocycles. The van der Waals surface area contributed by atoms with Crippen molar-refractivity contribution in [2.45, 2.75) is 19.4 Å². The van der Waals surface area contributed by atoms with E-state index < -0.39 is 11.3 Å². The van der Waals surface area contributed by atoms with E-state index in [1.807, 2.05) is 49.4 Å². The Hall–Kier alpha value is -1.54. The van der Waals surface area contributed by atoms with Gasteiger partial charge in [0.05, 0.1) is 0 Å². The van der Waals surface area contributed by atoms with Gasteiger partial charge in [0, 0.05) is 0 Å². The molecule has 0 spiro atoms. The molecule has 2 nitrogen and oxygen atoms in total. The smallest absolute Gasteiger partial charge is 0.262 e. The average molecular weight is 249 g/mol. The monoisotopic (exact) mass is 248 g/mol. The number of rotatable bonds is 4. The van der Waals surface area contributed by atoms with Crippen LogP contribution >= 0.6 is 11.6 Å². The fraction of sp³-hybridized carbons (Fsp3) is 0.214. The molecule has 0 N–H and O–H groups in total. The van der Waals surface area contributed by atoms with Crippen molar-refractivity contribution in [3.63, 3.8) is 0 Å². The van der Waals surface area contributed by atoms with Crippen LogP contribution in [0.2, 0.25) is 0 Å². The van der Waals surface area contributed by atoms with E-state index in [4.69, 9.17) is 16.3 Å². The van der Waals surface area contributed by atoms with Gasteiger partial charge in [0.15, 0.2) is 6.10 Å². The third-order valence-corrected chi connectivity index (χ3v) is 2.87. The molecule has 0 aliphatic carbocycles. The Morgan fingerprint density at radius 2 is 1.94 bits per heavy atom. The highest BCUT2D eigenvalue weighted by atomic mass is 35.5. The Kier molecular flexibility index (Phi) is 3.64. The lowest BCUT2D eigenvalue weighted by molar-refractivity contribution is -0.117. The van der Waals surface area contributed by atoms with Crippen molar-refractivity contribution in [1.29, 1.82) is 0 Å². The maximum absolute atomic E-state index is 11.1. The molecular weight excluding hydrogens is 236 g/mol. The normalized spacial score (nSPS) is 12.4. The second kappa shape index (κ2) is 5.19. The second-order valence-corrected chi connectivity index (χ2v) is 4.20. The minimum Gasteiger partial charge on any atom is -0.481 e. The van der Waals surface area contributed by atoms with Crippen LogP contribution in [0, 0.1) is 0 Å². The van der Waals surface area contributed by atoms with Crippen LogP contribution in [0.15, 0.2) is 42.5 Å². The van der Waals surface area contributed by atoms with Crippen molar-refractivity contribution in [2.24, 2.45) is 0 Å². The predicted octanol–water partition coefficient (Wildman–Crippen LogP) is 3.76. The van der Waals surface area contributed by atoms with Crippen molar-refractivity contribution >= 4 is 27.6 Å². The Morgan fingerprint density at radius 3 is 2.59 bits per heavy atom. The number of carbonyl (C=O) groups is 1. The summed E-state index contributed by atoms with van der Waals surface area (Å²) in [5.41, 5.74) is 0. The molecule has 0 fully saturated rings. The minimum atomic E-state index is -0.571. The average Bonchev–Trinajstić information content (AvgIpc) is 2.35. The van der Waals surface area contributed by atoms with Gasteiger partial charge in [0.25, 0.3) is 5.24 Å². The molecule has 2 rings (SSSR count). The first kappa shape index (κ1) is 11.9. The maximum Gasteiger partial charge on any atom is 0.262 e. The molecule has 2 aromatic carbocycles. The number of benzene rings is 2. The highest BCUT2D eigenvalue weighted by Crippen LogP contribution is 2.22. The Balaban J connectivity index is 2.27. The Labute approximate surface area is 105 Å². The van der Waals surface area contributed by atoms with Gasteiger partial charge in [-0.15, -0.1) is 0 Å². The fourth-order valence-corrected chi connectivity index (χ4v) is 1.89. The van der Waals surface area contributed by atoms with Gasteiger partial charge in [-0.25, -0.2) is 0 Å². The summed E-state index contributed by atoms with van der Waals surface area (Å²) in [6.07, 6.45) is -0.00681. The van der Waals surface area contributed by atoms with Crippen molar-refractivity contribution in [2.75, 3.05) is 0 Å². The van der Waals surface area contributed by atoms with E-state index in [1.54, 1.807) is 0 Å². The zero-order valence-corrected chi connectivity index (χ0v) is 10.3. The van der Waals surface area contributed by atoms with Gasteiger partial charge < -0.3 is 4.74 Å². The molecule has 1 atom stereocenters. The number of fused-ring (bicyclic) bond motifs is 1. The van der Waals surface area contributed by atoms with Crippen LogP contribution in [0.1, 0.15) is 13.3 Å². The van der Waals surface area contributed by atoms with Crippen molar-refractivity contribution < 1.29 is 9.53 Å². The van der Waals surface area contributed by atoms with Crippen LogP contribution in [-0.4, -0.2) is 11.3 Å². The van der Waals surface area contributed by atoms with Crippen LogP contribution in [0.3, 0.4) is 0 Å². The van der Waals surface area contributed by atoms with Crippen LogP contribution in [0.4, 0.5) is 0 Å². The van der Waals surface area contributed by atoms with Gasteiger partial charge >= 0.3 is 0 Å². The molecular formula is C14H13ClO2. The van der Waals surface area contributed by atoms with Gasteiger partial charge in [-0.3, -0.25) is 4.79 Å². The molecule has 0 aromatic heterocycles. The van der Waals surface area contributed by atoms with Crippen molar-refractivity contribution in [3.05, 3.63) is 42.5 Å². The van der Waals surface area contributed by atoms with E-state index in [1.165, 1.54) is 0 Å². The predicted molar refractivity (Wildman–Crippen MR) is 69.5 cm³/mol. The SMILES string of the molecule is CCC(Oc1ccc2ccccc2c1)C(=O)Cl. The number of ether oxygens (including phenoxy) is 1. The molecule has 0 amide bonds. The highest BCUT2D eigenvalue weighted by Gasteiger charge is 2.15. The molecule has 0 heterocycles. The molecule has 17 heavy (non-hydrogen) atoms. The molecule has 0 saturated carbocycles. The molecule has 1 unspecified atom stereocenters. The Bertz CT molecular complexity index is 536. The van der Waals surface area contributed by atoms with Crippen LogP contribution in [0.5, 0.6) is 5.75 Å². The molecule has 2 aromatic rings. The van der Waals surface area contributed by atoms with E-state index in [9.17, 15) is 4.79 Å². The van der Waals surface area contributed by atoms with Crippen LogP contribution in [-0.2, 0) is 4.79 Å². The van der Waals surface area contributed by atoms with E-state index in [2.05, 4.69) is 0 Å². The van der Waals surface area contributed by atoms with Gasteiger partial charge in [-0.05, 0) is 40.9 Å². The zero-order chi connectivity index (χ0) is 12.3. The van der Waals surface area contributed by atoms with Gasteiger partial charge in [0.1, 0.15) is 5.75 Å². The largest absolute Gasteiger partial charge is 0.481 e. The van der Waals surface area contributed by atoms with Crippen molar-refractivity contribution in [3.8, 4) is 5.75 Å². The molecule has 0 radical (unpaired) electrons. The summed E-state index contributed by atoms with van der Waals surface area (Å²) in [6.45, 7) is 1.87. The van der Waals surface area contributed by atoms with Crippen LogP contribution < -0.4 is 4.74 Å². The first-order valence-corrected chi connectivity index (χ1v) is 5.93. The summed E-state index contributed by atoms with van der Waals surface area (Å²) in [5, 5.41) is 1.77. The van der Waals surface area contributed by atoms with E-state index in [0.717, 1.165) is 10.8 Å². The van der Waals surface area contributed by atoms with Crippen LogP contribution in [0.25, 0.3) is 10.8 Å². The third-order valence-electron chi connectivity index (χ3n) is 2.62. The summed E-state index contributed by atoms with van der Waals surface area (Å²) in [5.74, 6) is 0.671. The lowest BCUT2D eigenvalue weighted by atomic mass is 10.1. The van der Waals surface area contributed by atoms with Gasteiger partial charge in [-0.1, -0.05) is 37.3 Å². The second-order valence-electron chi connectivity index (χ2n) is 3.83. The lowest BCUT2D eigenvalue weighted by Crippen LogP contribution is -2.22. The van der Waals surface area contributed by atoms with E-state index >= 15 is 0 Å². The molecule has 0 aliphatic rings. The third kappa shape index (κ3) is 2.77. The summed E-state index contributed by atoms with van der Waals surface area (Å²) in [6, 6.07) is 13.7. The van der Waals surface area contributed by atoms with Crippen molar-refractivity contribution in [1.82, 2.24) is 0 Å². The first-order valence-electron chi connectivity index (χ1n) is 5.55. The van der Waals surface area contributed by atoms with Gasteiger partial charge in [0.2, 0.25) is 0 Å². The molecule has 3 heteroatoms. The molecule has 0 aliphatic heterocycles. The zero-order valence-electron chi connectivity index (χ0n) is 9.52. The number of halogens is 1. The highest BCUT2D eigenvalue weighted by molar-refractivity contribution is 6.64. The summed E-state index contributed by atoms with van der Waals surface area (Å²) in [4.78, 5) is 11.1. The standard InChI is InChI=1S/C14H13ClO2/c1-2-13(14(15)16)17-12-8-7-10-5-3-4-6-11(10)9-12/h3-9,13H,2H2,1H3. The number of hydrogen-bond acceptors (Lipinski definition) is 2. The summed E-state index contributed by atoms with van der Waals surface area (Å²) in [7, 11) is 0.